The van der Waals surface area contributed by atoms with Crippen molar-refractivity contribution in [1.82, 2.24) is 5.32 Å². The van der Waals surface area contributed by atoms with E-state index in [0.717, 1.165) is 25.9 Å². The van der Waals surface area contributed by atoms with Crippen LogP contribution in [0.5, 0.6) is 0 Å². The van der Waals surface area contributed by atoms with Crippen molar-refractivity contribution in [2.24, 2.45) is 0 Å². The number of aliphatic hydroxyl groups excluding tert-OH is 1. The second-order valence-electron chi connectivity index (χ2n) is 4.97. The Morgan fingerprint density at radius 1 is 1.06 bits per heavy atom. The number of rotatable bonds is 7. The van der Waals surface area contributed by atoms with Crippen LogP contribution in [0, 0.1) is 0 Å². The van der Waals surface area contributed by atoms with Crippen LogP contribution in [0.1, 0.15) is 31.2 Å². The average molecular weight is 248 g/mol. The summed E-state index contributed by atoms with van der Waals surface area (Å²) in [6.45, 7) is 4.61. The van der Waals surface area contributed by atoms with Crippen molar-refractivity contribution in [3.05, 3.63) is 29.8 Å². The van der Waals surface area contributed by atoms with E-state index in [1.807, 2.05) is 0 Å². The molecule has 0 aliphatic carbocycles. The zero-order chi connectivity index (χ0) is 12.6. The summed E-state index contributed by atoms with van der Waals surface area (Å²) in [7, 11) is 0. The first kappa shape index (κ1) is 13.4. The molecule has 3 nitrogen and oxygen atoms in total. The van der Waals surface area contributed by atoms with Crippen LogP contribution in [0.25, 0.3) is 0 Å². The molecule has 0 unspecified atom stereocenters. The summed E-state index contributed by atoms with van der Waals surface area (Å²) in [5.74, 6) is 0. The molecule has 1 fully saturated rings. The zero-order valence-electron chi connectivity index (χ0n) is 11.1. The summed E-state index contributed by atoms with van der Waals surface area (Å²) in [6, 6.07) is 8.89. The van der Waals surface area contributed by atoms with E-state index in [2.05, 4.69) is 34.5 Å². The highest BCUT2D eigenvalue weighted by atomic mass is 16.2. The van der Waals surface area contributed by atoms with Crippen molar-refractivity contribution in [1.29, 1.82) is 0 Å². The molecule has 0 spiro atoms. The summed E-state index contributed by atoms with van der Waals surface area (Å²) in [4.78, 5) is 2.46. The van der Waals surface area contributed by atoms with Crippen LogP contribution in [0.4, 0.5) is 5.69 Å². The predicted octanol–water partition coefficient (Wildman–Crippen LogP) is 2.15. The van der Waals surface area contributed by atoms with Gasteiger partial charge < -0.3 is 15.3 Å². The van der Waals surface area contributed by atoms with E-state index >= 15 is 0 Å². The first-order valence-electron chi connectivity index (χ1n) is 7.05. The van der Waals surface area contributed by atoms with Gasteiger partial charge in [-0.25, -0.2) is 0 Å². The molecule has 2 rings (SSSR count). The summed E-state index contributed by atoms with van der Waals surface area (Å²) < 4.78 is 0. The lowest BCUT2D eigenvalue weighted by atomic mass is 10.2. The topological polar surface area (TPSA) is 35.5 Å². The molecule has 1 saturated heterocycles. The third-order valence-electron chi connectivity index (χ3n) is 3.50. The van der Waals surface area contributed by atoms with Gasteiger partial charge in [0.1, 0.15) is 0 Å². The minimum atomic E-state index is 0.298. The molecule has 0 atom stereocenters. The molecule has 0 amide bonds. The fraction of sp³-hybridized carbons (Fsp3) is 0.600. The van der Waals surface area contributed by atoms with Crippen molar-refractivity contribution < 1.29 is 5.11 Å². The molecule has 2 N–H and O–H groups in total. The van der Waals surface area contributed by atoms with Crippen molar-refractivity contribution in [2.75, 3.05) is 31.1 Å². The van der Waals surface area contributed by atoms with Gasteiger partial charge in [-0.05, 0) is 49.9 Å². The lowest BCUT2D eigenvalue weighted by molar-refractivity contribution is 0.283. The van der Waals surface area contributed by atoms with Crippen LogP contribution in [0.15, 0.2) is 24.3 Å². The second kappa shape index (κ2) is 7.39. The van der Waals surface area contributed by atoms with E-state index in [-0.39, 0.29) is 0 Å². The van der Waals surface area contributed by atoms with E-state index in [1.165, 1.54) is 37.2 Å². The Kier molecular flexibility index (Phi) is 5.49. The molecule has 0 bridgehead atoms. The standard InChI is InChI=1S/C15H24N2O/c18-12-4-1-9-16-13-14-5-7-15(8-6-14)17-10-2-3-11-17/h5-8,16,18H,1-4,9-13H2. The SMILES string of the molecule is OCCCCNCc1ccc(N2CCCC2)cc1. The minimum absolute atomic E-state index is 0.298. The van der Waals surface area contributed by atoms with Crippen molar-refractivity contribution in [2.45, 2.75) is 32.2 Å². The molecule has 1 aromatic carbocycles. The second-order valence-corrected chi connectivity index (χ2v) is 4.97. The van der Waals surface area contributed by atoms with Crippen molar-refractivity contribution in [3.8, 4) is 0 Å². The van der Waals surface area contributed by atoms with Gasteiger partial charge in [0.25, 0.3) is 0 Å². The molecule has 1 heterocycles. The van der Waals surface area contributed by atoms with Crippen LogP contribution in [0.3, 0.4) is 0 Å². The molecule has 1 aromatic rings. The van der Waals surface area contributed by atoms with Gasteiger partial charge in [-0.1, -0.05) is 12.1 Å². The average Bonchev–Trinajstić information content (AvgIpc) is 2.93. The lowest BCUT2D eigenvalue weighted by Crippen LogP contribution is -2.18. The Hall–Kier alpha value is -1.06. The van der Waals surface area contributed by atoms with Gasteiger partial charge in [0.15, 0.2) is 0 Å². The third kappa shape index (κ3) is 4.00. The van der Waals surface area contributed by atoms with Crippen LogP contribution >= 0.6 is 0 Å². The number of hydrogen-bond acceptors (Lipinski definition) is 3. The van der Waals surface area contributed by atoms with Gasteiger partial charge in [-0.15, -0.1) is 0 Å². The molecule has 100 valence electrons. The predicted molar refractivity (Wildman–Crippen MR) is 75.9 cm³/mol. The number of hydrogen-bond donors (Lipinski definition) is 2. The number of benzene rings is 1. The first-order valence-corrected chi connectivity index (χ1v) is 7.05. The maximum Gasteiger partial charge on any atom is 0.0431 e. The number of nitrogens with zero attached hydrogens (tertiary/aromatic N) is 1. The normalized spacial score (nSPS) is 15.3. The number of anilines is 1. The van der Waals surface area contributed by atoms with Gasteiger partial charge in [0.2, 0.25) is 0 Å². The highest BCUT2D eigenvalue weighted by molar-refractivity contribution is 5.48. The molecule has 18 heavy (non-hydrogen) atoms. The Labute approximate surface area is 110 Å². The third-order valence-corrected chi connectivity index (χ3v) is 3.50. The fourth-order valence-electron chi connectivity index (χ4n) is 2.39. The monoisotopic (exact) mass is 248 g/mol. The highest BCUT2D eigenvalue weighted by Gasteiger charge is 2.11. The number of nitrogens with one attached hydrogen (secondary N) is 1. The van der Waals surface area contributed by atoms with Gasteiger partial charge in [0, 0.05) is 31.9 Å². The number of unbranched alkanes of at least 4 members (excludes halogenated alkanes) is 1. The van der Waals surface area contributed by atoms with Gasteiger partial charge in [0.05, 0.1) is 0 Å². The molecule has 1 aliphatic rings. The zero-order valence-corrected chi connectivity index (χ0v) is 11.1. The van der Waals surface area contributed by atoms with Crippen LogP contribution in [-0.4, -0.2) is 31.3 Å². The van der Waals surface area contributed by atoms with Gasteiger partial charge >= 0.3 is 0 Å². The molecular weight excluding hydrogens is 224 g/mol. The Morgan fingerprint density at radius 3 is 2.44 bits per heavy atom. The summed E-state index contributed by atoms with van der Waals surface area (Å²) >= 11 is 0. The van der Waals surface area contributed by atoms with Crippen molar-refractivity contribution in [3.63, 3.8) is 0 Å². The van der Waals surface area contributed by atoms with E-state index in [1.54, 1.807) is 0 Å². The number of aliphatic hydroxyl groups is 1. The Morgan fingerprint density at radius 2 is 1.78 bits per heavy atom. The maximum absolute atomic E-state index is 8.68. The molecule has 0 radical (unpaired) electrons. The fourth-order valence-corrected chi connectivity index (χ4v) is 2.39. The minimum Gasteiger partial charge on any atom is -0.396 e. The molecule has 3 heteroatoms. The van der Waals surface area contributed by atoms with Gasteiger partial charge in [-0.2, -0.15) is 0 Å². The smallest absolute Gasteiger partial charge is 0.0431 e. The summed E-state index contributed by atoms with van der Waals surface area (Å²) in [5, 5.41) is 12.1. The van der Waals surface area contributed by atoms with Crippen molar-refractivity contribution >= 4 is 5.69 Å². The van der Waals surface area contributed by atoms with Crippen LogP contribution in [-0.2, 0) is 6.54 Å². The summed E-state index contributed by atoms with van der Waals surface area (Å²) in [6.07, 6.45) is 4.59. The summed E-state index contributed by atoms with van der Waals surface area (Å²) in [5.41, 5.74) is 2.69. The Bertz CT molecular complexity index is 331. The lowest BCUT2D eigenvalue weighted by Gasteiger charge is -2.17. The van der Waals surface area contributed by atoms with E-state index < -0.39 is 0 Å². The molecule has 1 aliphatic heterocycles. The maximum atomic E-state index is 8.68. The molecular formula is C15H24N2O. The van der Waals surface area contributed by atoms with E-state index in [4.69, 9.17) is 5.11 Å². The van der Waals surface area contributed by atoms with Crippen LogP contribution in [0.2, 0.25) is 0 Å². The van der Waals surface area contributed by atoms with Crippen LogP contribution < -0.4 is 10.2 Å². The molecule has 0 aromatic heterocycles. The molecule has 0 saturated carbocycles. The quantitative estimate of drug-likeness (QED) is 0.726. The Balaban J connectivity index is 1.73. The first-order chi connectivity index (χ1) is 8.90. The highest BCUT2D eigenvalue weighted by Crippen LogP contribution is 2.20. The van der Waals surface area contributed by atoms with Gasteiger partial charge in [-0.3, -0.25) is 0 Å². The van der Waals surface area contributed by atoms with E-state index in [9.17, 15) is 0 Å². The van der Waals surface area contributed by atoms with E-state index in [0.29, 0.717) is 6.61 Å². The largest absolute Gasteiger partial charge is 0.396 e.